The molecule has 0 unspecified atom stereocenters. The summed E-state index contributed by atoms with van der Waals surface area (Å²) in [5, 5.41) is 9.90. The second-order valence-corrected chi connectivity index (χ2v) is 13.2. The first-order valence-corrected chi connectivity index (χ1v) is 17.6. The molecule has 1 heterocycles. The molecule has 10 aromatic rings. The molecule has 0 aliphatic heterocycles. The van der Waals surface area contributed by atoms with Crippen molar-refractivity contribution in [1.82, 2.24) is 15.0 Å². The van der Waals surface area contributed by atoms with Crippen LogP contribution in [-0.4, -0.2) is 15.0 Å². The van der Waals surface area contributed by atoms with Gasteiger partial charge in [-0.1, -0.05) is 170 Å². The third-order valence-corrected chi connectivity index (χ3v) is 10.1. The molecule has 3 nitrogen and oxygen atoms in total. The largest absolute Gasteiger partial charge is 0.208 e. The lowest BCUT2D eigenvalue weighted by molar-refractivity contribution is 1.07. The Kier molecular flexibility index (Phi) is 7.14. The predicted molar refractivity (Wildman–Crippen MR) is 217 cm³/mol. The third kappa shape index (κ3) is 5.28. The Balaban J connectivity index is 1.11. The normalized spacial score (nSPS) is 11.5. The summed E-state index contributed by atoms with van der Waals surface area (Å²) in [4.78, 5) is 15.2. The Labute approximate surface area is 301 Å². The topological polar surface area (TPSA) is 38.7 Å². The molecule has 9 aromatic carbocycles. The highest BCUT2D eigenvalue weighted by molar-refractivity contribution is 6.21. The van der Waals surface area contributed by atoms with Crippen molar-refractivity contribution in [2.75, 3.05) is 0 Å². The van der Waals surface area contributed by atoms with Crippen molar-refractivity contribution in [3.8, 4) is 56.4 Å². The molecule has 3 heteroatoms. The van der Waals surface area contributed by atoms with E-state index in [-0.39, 0.29) is 0 Å². The van der Waals surface area contributed by atoms with Gasteiger partial charge in [0.25, 0.3) is 0 Å². The molecule has 0 aliphatic rings. The Hall–Kier alpha value is -6.97. The molecule has 0 radical (unpaired) electrons. The quantitative estimate of drug-likeness (QED) is 0.136. The van der Waals surface area contributed by atoms with E-state index in [0.29, 0.717) is 17.5 Å². The molecule has 242 valence electrons. The molecule has 0 bridgehead atoms. The highest BCUT2D eigenvalue weighted by atomic mass is 15.0. The van der Waals surface area contributed by atoms with Gasteiger partial charge >= 0.3 is 0 Å². The van der Waals surface area contributed by atoms with Gasteiger partial charge in [0, 0.05) is 16.7 Å². The number of rotatable bonds is 5. The Morgan fingerprint density at radius 1 is 0.250 bits per heavy atom. The summed E-state index contributed by atoms with van der Waals surface area (Å²) < 4.78 is 0. The van der Waals surface area contributed by atoms with Crippen molar-refractivity contribution < 1.29 is 0 Å². The van der Waals surface area contributed by atoms with Crippen molar-refractivity contribution in [3.05, 3.63) is 188 Å². The van der Waals surface area contributed by atoms with Crippen LogP contribution in [0.25, 0.3) is 99.5 Å². The SMILES string of the molecule is c1ccc(-c2nc(-c3ccc(-c4c5ccccc5cc5ccc6ccccc6c45)cc3)nc(-c3cccc(-c4ccc5ccccc5c4)c3)n2)cc1. The van der Waals surface area contributed by atoms with E-state index < -0.39 is 0 Å². The maximum Gasteiger partial charge on any atom is 0.164 e. The zero-order valence-electron chi connectivity index (χ0n) is 28.2. The Morgan fingerprint density at radius 3 is 1.54 bits per heavy atom. The van der Waals surface area contributed by atoms with Gasteiger partial charge in [-0.15, -0.1) is 0 Å². The van der Waals surface area contributed by atoms with Crippen LogP contribution < -0.4 is 0 Å². The van der Waals surface area contributed by atoms with Crippen LogP contribution in [0, 0.1) is 0 Å². The molecule has 52 heavy (non-hydrogen) atoms. The summed E-state index contributed by atoms with van der Waals surface area (Å²) in [6.45, 7) is 0. The van der Waals surface area contributed by atoms with E-state index in [2.05, 4.69) is 158 Å². The highest BCUT2D eigenvalue weighted by Gasteiger charge is 2.16. The first-order chi connectivity index (χ1) is 25.7. The molecule has 0 amide bonds. The molecule has 0 saturated carbocycles. The van der Waals surface area contributed by atoms with E-state index >= 15 is 0 Å². The minimum Gasteiger partial charge on any atom is -0.208 e. The predicted octanol–water partition coefficient (Wildman–Crippen LogP) is 12.8. The summed E-state index contributed by atoms with van der Waals surface area (Å²) in [6.07, 6.45) is 0. The van der Waals surface area contributed by atoms with Crippen LogP contribution in [0.2, 0.25) is 0 Å². The number of hydrogen-bond acceptors (Lipinski definition) is 3. The molecule has 0 atom stereocenters. The van der Waals surface area contributed by atoms with Gasteiger partial charge in [-0.3, -0.25) is 0 Å². The van der Waals surface area contributed by atoms with Crippen molar-refractivity contribution >= 4 is 43.1 Å². The second kappa shape index (κ2) is 12.4. The van der Waals surface area contributed by atoms with Crippen LogP contribution in [0.1, 0.15) is 0 Å². The van der Waals surface area contributed by atoms with Crippen molar-refractivity contribution in [2.45, 2.75) is 0 Å². The van der Waals surface area contributed by atoms with Gasteiger partial charge in [-0.2, -0.15) is 0 Å². The summed E-state index contributed by atoms with van der Waals surface area (Å²) in [5.41, 5.74) is 7.49. The molecule has 0 aliphatic carbocycles. The van der Waals surface area contributed by atoms with Crippen LogP contribution in [0.4, 0.5) is 0 Å². The molecule has 0 saturated heterocycles. The summed E-state index contributed by atoms with van der Waals surface area (Å²) >= 11 is 0. The van der Waals surface area contributed by atoms with Crippen molar-refractivity contribution in [1.29, 1.82) is 0 Å². The van der Waals surface area contributed by atoms with Crippen LogP contribution in [0.15, 0.2) is 188 Å². The zero-order valence-corrected chi connectivity index (χ0v) is 28.2. The number of benzene rings is 9. The fraction of sp³-hybridized carbons (Fsp3) is 0. The van der Waals surface area contributed by atoms with Crippen molar-refractivity contribution in [3.63, 3.8) is 0 Å². The second-order valence-electron chi connectivity index (χ2n) is 13.2. The Morgan fingerprint density at radius 2 is 0.750 bits per heavy atom. The first-order valence-electron chi connectivity index (χ1n) is 17.6. The van der Waals surface area contributed by atoms with Crippen LogP contribution >= 0.6 is 0 Å². The maximum atomic E-state index is 5.11. The number of nitrogens with zero attached hydrogens (tertiary/aromatic N) is 3. The average molecular weight is 662 g/mol. The van der Waals surface area contributed by atoms with Gasteiger partial charge in [0.1, 0.15) is 0 Å². The van der Waals surface area contributed by atoms with E-state index in [0.717, 1.165) is 33.4 Å². The fourth-order valence-corrected chi connectivity index (χ4v) is 7.48. The third-order valence-electron chi connectivity index (χ3n) is 10.1. The number of fused-ring (bicyclic) bond motifs is 5. The summed E-state index contributed by atoms with van der Waals surface area (Å²) in [6, 6.07) is 66.5. The van der Waals surface area contributed by atoms with E-state index in [4.69, 9.17) is 15.0 Å². The van der Waals surface area contributed by atoms with Crippen molar-refractivity contribution in [2.24, 2.45) is 0 Å². The standard InChI is InChI=1S/C49H31N3/c1-2-13-35(14-3-1)47-50-48(52-49(51-47)42-18-10-17-38(30-42)39-27-21-32-11-4-5-15-37(32)29-39)36-25-23-34(24-26-36)45-44-20-9-7-16-40(44)31-41-28-22-33-12-6-8-19-43(33)46(41)45/h1-31H. The van der Waals surface area contributed by atoms with Crippen LogP contribution in [0.5, 0.6) is 0 Å². The fourth-order valence-electron chi connectivity index (χ4n) is 7.48. The summed E-state index contributed by atoms with van der Waals surface area (Å²) in [5.74, 6) is 1.93. The molecule has 0 N–H and O–H groups in total. The minimum absolute atomic E-state index is 0.639. The lowest BCUT2D eigenvalue weighted by Gasteiger charge is -2.15. The maximum absolute atomic E-state index is 5.11. The molecule has 0 fully saturated rings. The van der Waals surface area contributed by atoms with E-state index in [1.54, 1.807) is 0 Å². The molecule has 0 spiro atoms. The number of aromatic nitrogens is 3. The molecular weight excluding hydrogens is 631 g/mol. The first kappa shape index (κ1) is 29.9. The van der Waals surface area contributed by atoms with Gasteiger partial charge in [-0.25, -0.2) is 15.0 Å². The average Bonchev–Trinajstić information content (AvgIpc) is 3.23. The molecular formula is C49H31N3. The van der Waals surface area contributed by atoms with E-state index in [1.807, 2.05) is 30.3 Å². The van der Waals surface area contributed by atoms with Gasteiger partial charge in [0.15, 0.2) is 17.5 Å². The smallest absolute Gasteiger partial charge is 0.164 e. The minimum atomic E-state index is 0.639. The van der Waals surface area contributed by atoms with Gasteiger partial charge in [0.2, 0.25) is 0 Å². The van der Waals surface area contributed by atoms with Gasteiger partial charge < -0.3 is 0 Å². The van der Waals surface area contributed by atoms with Crippen LogP contribution in [-0.2, 0) is 0 Å². The lowest BCUT2D eigenvalue weighted by Crippen LogP contribution is -2.00. The molecule has 1 aromatic heterocycles. The monoisotopic (exact) mass is 661 g/mol. The van der Waals surface area contributed by atoms with E-state index in [1.165, 1.54) is 48.7 Å². The number of hydrogen-bond donors (Lipinski definition) is 0. The highest BCUT2D eigenvalue weighted by Crippen LogP contribution is 2.41. The summed E-state index contributed by atoms with van der Waals surface area (Å²) in [7, 11) is 0. The zero-order chi connectivity index (χ0) is 34.4. The van der Waals surface area contributed by atoms with E-state index in [9.17, 15) is 0 Å². The Bertz CT molecular complexity index is 2950. The van der Waals surface area contributed by atoms with Gasteiger partial charge in [0.05, 0.1) is 0 Å². The van der Waals surface area contributed by atoms with Crippen LogP contribution in [0.3, 0.4) is 0 Å². The van der Waals surface area contributed by atoms with Gasteiger partial charge in [-0.05, 0) is 83.5 Å². The molecule has 10 rings (SSSR count). The lowest BCUT2D eigenvalue weighted by atomic mass is 9.89.